The Balaban J connectivity index is 0.000000339. The van der Waals surface area contributed by atoms with Gasteiger partial charge in [0.05, 0.1) is 6.54 Å². The van der Waals surface area contributed by atoms with Gasteiger partial charge in [0, 0.05) is 18.2 Å². The molecule has 1 fully saturated rings. The second kappa shape index (κ2) is 8.88. The number of alkyl halides is 3. The van der Waals surface area contributed by atoms with Crippen LogP contribution in [0.25, 0.3) is 0 Å². The van der Waals surface area contributed by atoms with Crippen molar-refractivity contribution in [3.8, 4) is 0 Å². The first-order valence-electron chi connectivity index (χ1n) is 9.34. The van der Waals surface area contributed by atoms with Crippen molar-refractivity contribution in [1.29, 1.82) is 0 Å². The molecule has 4 N–H and O–H groups in total. The first-order chi connectivity index (χ1) is 14.6. The minimum atomic E-state index is -5.08. The lowest BCUT2D eigenvalue weighted by Crippen LogP contribution is -2.30. The van der Waals surface area contributed by atoms with Crippen molar-refractivity contribution in [2.45, 2.75) is 44.6 Å². The number of carbonyl (C=O) groups is 2. The zero-order valence-electron chi connectivity index (χ0n) is 16.1. The fourth-order valence-electron chi connectivity index (χ4n) is 3.21. The molecule has 0 atom stereocenters. The van der Waals surface area contributed by atoms with Crippen molar-refractivity contribution >= 4 is 11.9 Å². The number of aromatic amines is 1. The molecular weight excluding hydrogens is 426 g/mol. The van der Waals surface area contributed by atoms with Crippen LogP contribution in [0.4, 0.5) is 17.6 Å². The van der Waals surface area contributed by atoms with Gasteiger partial charge in [0.15, 0.2) is 5.82 Å². The van der Waals surface area contributed by atoms with E-state index in [1.807, 2.05) is 0 Å². The Labute approximate surface area is 172 Å². The topological polar surface area (TPSA) is 129 Å². The Morgan fingerprint density at radius 2 is 1.97 bits per heavy atom. The Kier molecular flexibility index (Phi) is 6.43. The van der Waals surface area contributed by atoms with E-state index in [2.05, 4.69) is 20.8 Å². The van der Waals surface area contributed by atoms with Crippen molar-refractivity contribution in [1.82, 2.24) is 25.4 Å². The number of nitrogens with zero attached hydrogens (tertiary/aromatic N) is 2. The predicted octanol–water partition coefficient (Wildman–Crippen LogP) is 1.25. The van der Waals surface area contributed by atoms with Gasteiger partial charge in [-0.15, -0.1) is 0 Å². The summed E-state index contributed by atoms with van der Waals surface area (Å²) in [6, 6.07) is 2.92. The number of fused-ring (bicyclic) bond motifs is 1. The molecule has 1 aromatic heterocycles. The molecule has 9 nitrogen and oxygen atoms in total. The van der Waals surface area contributed by atoms with Gasteiger partial charge < -0.3 is 15.7 Å². The summed E-state index contributed by atoms with van der Waals surface area (Å²) in [6.07, 6.45) is -2.50. The number of halogens is 4. The maximum Gasteiger partial charge on any atom is 0.490 e. The summed E-state index contributed by atoms with van der Waals surface area (Å²) in [7, 11) is 0. The van der Waals surface area contributed by atoms with E-state index in [1.54, 1.807) is 4.57 Å². The average Bonchev–Trinajstić information content (AvgIpc) is 3.47. The number of rotatable bonds is 4. The maximum absolute atomic E-state index is 13.8. The molecule has 2 aliphatic rings. The largest absolute Gasteiger partial charge is 0.490 e. The Morgan fingerprint density at radius 3 is 2.58 bits per heavy atom. The molecule has 4 rings (SSSR count). The molecule has 0 spiro atoms. The molecular formula is C18H19F4N5O4. The lowest BCUT2D eigenvalue weighted by Gasteiger charge is -2.20. The number of carboxylic acids is 1. The van der Waals surface area contributed by atoms with E-state index in [1.165, 1.54) is 12.1 Å². The van der Waals surface area contributed by atoms with E-state index >= 15 is 0 Å². The number of aliphatic carboxylic acids is 1. The number of nitrogens with one attached hydrogen (secondary N) is 3. The van der Waals surface area contributed by atoms with Gasteiger partial charge in [0.25, 0.3) is 5.91 Å². The first-order valence-corrected chi connectivity index (χ1v) is 9.34. The molecule has 2 aromatic rings. The number of hydrogen-bond acceptors (Lipinski definition) is 5. The van der Waals surface area contributed by atoms with Crippen LogP contribution >= 0.6 is 0 Å². The van der Waals surface area contributed by atoms with Gasteiger partial charge in [-0.3, -0.25) is 9.36 Å². The molecule has 13 heteroatoms. The van der Waals surface area contributed by atoms with Gasteiger partial charge >= 0.3 is 17.8 Å². The second-order valence-electron chi connectivity index (χ2n) is 7.05. The summed E-state index contributed by atoms with van der Waals surface area (Å²) in [4.78, 5) is 33.2. The average molecular weight is 445 g/mol. The van der Waals surface area contributed by atoms with Crippen LogP contribution in [0.15, 0.2) is 16.9 Å². The summed E-state index contributed by atoms with van der Waals surface area (Å²) < 4.78 is 47.1. The van der Waals surface area contributed by atoms with Gasteiger partial charge in [-0.05, 0) is 49.1 Å². The molecule has 1 aromatic carbocycles. The molecule has 0 unspecified atom stereocenters. The van der Waals surface area contributed by atoms with Gasteiger partial charge in [-0.2, -0.15) is 18.3 Å². The van der Waals surface area contributed by atoms with Gasteiger partial charge in [-0.1, -0.05) is 0 Å². The van der Waals surface area contributed by atoms with Crippen molar-refractivity contribution in [2.24, 2.45) is 0 Å². The molecule has 1 aliphatic carbocycles. The lowest BCUT2D eigenvalue weighted by atomic mass is 9.95. The van der Waals surface area contributed by atoms with Crippen LogP contribution in [0, 0.1) is 5.82 Å². The fraction of sp³-hybridized carbons (Fsp3) is 0.444. The number of hydrogen-bond donors (Lipinski definition) is 4. The van der Waals surface area contributed by atoms with Crippen molar-refractivity contribution < 1.29 is 32.3 Å². The zero-order valence-corrected chi connectivity index (χ0v) is 16.1. The van der Waals surface area contributed by atoms with E-state index < -0.39 is 18.0 Å². The zero-order chi connectivity index (χ0) is 22.8. The number of H-pyrrole nitrogens is 1. The summed E-state index contributed by atoms with van der Waals surface area (Å²) in [5.41, 5.74) is 1.81. The minimum Gasteiger partial charge on any atom is -0.475 e. The number of benzene rings is 1. The van der Waals surface area contributed by atoms with Crippen LogP contribution in [0.2, 0.25) is 0 Å². The van der Waals surface area contributed by atoms with E-state index in [0.29, 0.717) is 24.4 Å². The van der Waals surface area contributed by atoms with E-state index in [0.717, 1.165) is 30.5 Å². The highest BCUT2D eigenvalue weighted by Gasteiger charge is 2.38. The Hall–Kier alpha value is -3.22. The number of carboxylic acid groups (broad SMARTS) is 1. The molecule has 1 amide bonds. The van der Waals surface area contributed by atoms with Crippen molar-refractivity contribution in [2.75, 3.05) is 6.54 Å². The molecule has 0 radical (unpaired) electrons. The SMILES string of the molecule is O=C(NCc1n[nH]c(=O)n1C1CC1)c1cc(F)cc2c1CCNC2.O=C(O)C(F)(F)F. The molecule has 168 valence electrons. The van der Waals surface area contributed by atoms with Crippen molar-refractivity contribution in [3.05, 3.63) is 50.9 Å². The van der Waals surface area contributed by atoms with Crippen LogP contribution < -0.4 is 16.3 Å². The second-order valence-corrected chi connectivity index (χ2v) is 7.05. The van der Waals surface area contributed by atoms with E-state index in [-0.39, 0.29) is 24.2 Å². The fourth-order valence-corrected chi connectivity index (χ4v) is 3.21. The number of carbonyl (C=O) groups excluding carboxylic acids is 1. The molecule has 0 saturated heterocycles. The third kappa shape index (κ3) is 5.48. The van der Waals surface area contributed by atoms with Gasteiger partial charge in [0.2, 0.25) is 0 Å². The smallest absolute Gasteiger partial charge is 0.475 e. The Bertz CT molecular complexity index is 1040. The number of aromatic nitrogens is 3. The molecule has 0 bridgehead atoms. The van der Waals surface area contributed by atoms with Crippen LogP contribution in [-0.2, 0) is 24.3 Å². The quantitative estimate of drug-likeness (QED) is 0.525. The van der Waals surface area contributed by atoms with E-state index in [4.69, 9.17) is 9.90 Å². The van der Waals surface area contributed by atoms with Crippen molar-refractivity contribution in [3.63, 3.8) is 0 Å². The predicted molar refractivity (Wildman–Crippen MR) is 97.8 cm³/mol. The normalized spacial score (nSPS) is 15.5. The highest BCUT2D eigenvalue weighted by atomic mass is 19.4. The van der Waals surface area contributed by atoms with Gasteiger partial charge in [0.1, 0.15) is 5.82 Å². The summed E-state index contributed by atoms with van der Waals surface area (Å²) in [6.45, 7) is 1.46. The molecule has 31 heavy (non-hydrogen) atoms. The third-order valence-electron chi connectivity index (χ3n) is 4.76. The van der Waals surface area contributed by atoms with E-state index in [9.17, 15) is 27.2 Å². The first kappa shape index (κ1) is 22.5. The minimum absolute atomic E-state index is 0.137. The standard InChI is InChI=1S/C16H18FN5O2.C2HF3O2/c17-10-5-9-7-18-4-3-12(9)13(6-10)15(23)19-8-14-20-21-16(24)22(14)11-1-2-11;3-2(4,5)1(6)7/h5-6,11,18H,1-4,7-8H2,(H,19,23)(H,21,24);(H,6,7). The maximum atomic E-state index is 13.8. The lowest BCUT2D eigenvalue weighted by molar-refractivity contribution is -0.192. The summed E-state index contributed by atoms with van der Waals surface area (Å²) >= 11 is 0. The highest BCUT2D eigenvalue weighted by molar-refractivity contribution is 5.96. The number of amides is 1. The Morgan fingerprint density at radius 1 is 1.29 bits per heavy atom. The van der Waals surface area contributed by atoms with Crippen LogP contribution in [-0.4, -0.2) is 44.5 Å². The summed E-state index contributed by atoms with van der Waals surface area (Å²) in [5, 5.41) is 19.5. The highest BCUT2D eigenvalue weighted by Crippen LogP contribution is 2.34. The third-order valence-corrected chi connectivity index (χ3v) is 4.76. The molecule has 1 aliphatic heterocycles. The van der Waals surface area contributed by atoms with Crippen LogP contribution in [0.3, 0.4) is 0 Å². The molecule has 2 heterocycles. The van der Waals surface area contributed by atoms with Crippen LogP contribution in [0.5, 0.6) is 0 Å². The monoisotopic (exact) mass is 445 g/mol. The van der Waals surface area contributed by atoms with Crippen LogP contribution in [0.1, 0.15) is 46.2 Å². The summed E-state index contributed by atoms with van der Waals surface area (Å²) in [5.74, 6) is -3.02. The van der Waals surface area contributed by atoms with Gasteiger partial charge in [-0.25, -0.2) is 19.1 Å². The molecule has 1 saturated carbocycles.